The summed E-state index contributed by atoms with van der Waals surface area (Å²) in [6, 6.07) is 8.44. The Labute approximate surface area is 96.3 Å². The molecule has 0 amide bonds. The third-order valence-electron chi connectivity index (χ3n) is 1.96. The van der Waals surface area contributed by atoms with Crippen LogP contribution < -0.4 is 0 Å². The normalized spacial score (nSPS) is 11.8. The van der Waals surface area contributed by atoms with Gasteiger partial charge in [0.25, 0.3) is 0 Å². The molecule has 13 heavy (non-hydrogen) atoms. The van der Waals surface area contributed by atoms with E-state index in [1.807, 2.05) is 0 Å². The van der Waals surface area contributed by atoms with Crippen LogP contribution in [0.4, 0.5) is 0 Å². The van der Waals surface area contributed by atoms with Crippen molar-refractivity contribution in [2.75, 3.05) is 10.7 Å². The van der Waals surface area contributed by atoms with Crippen molar-refractivity contribution >= 4 is 37.4 Å². The van der Waals surface area contributed by atoms with Crippen molar-refractivity contribution < 1.29 is 0 Å². The second-order valence-corrected chi connectivity index (χ2v) is 4.04. The summed E-state index contributed by atoms with van der Waals surface area (Å²) in [5.74, 6) is 0. The van der Waals surface area contributed by atoms with Crippen LogP contribution in [0.25, 0.3) is 5.57 Å². The SMILES string of the molecule is Cc1ccccc1/C(=C/CBr)CBr. The van der Waals surface area contributed by atoms with E-state index in [1.54, 1.807) is 0 Å². The lowest BCUT2D eigenvalue weighted by molar-refractivity contribution is 1.41. The van der Waals surface area contributed by atoms with E-state index < -0.39 is 0 Å². The Bertz CT molecular complexity index is 303. The molecule has 0 bridgehead atoms. The molecule has 0 unspecified atom stereocenters. The Balaban J connectivity index is 3.05. The zero-order valence-corrected chi connectivity index (χ0v) is 10.7. The molecular weight excluding hydrogens is 292 g/mol. The number of halogens is 2. The molecule has 0 fully saturated rings. The Morgan fingerprint density at radius 1 is 1.31 bits per heavy atom. The van der Waals surface area contributed by atoms with Crippen molar-refractivity contribution in [2.24, 2.45) is 0 Å². The third-order valence-corrected chi connectivity index (χ3v) is 2.89. The number of benzene rings is 1. The van der Waals surface area contributed by atoms with Crippen LogP contribution in [0.3, 0.4) is 0 Å². The van der Waals surface area contributed by atoms with Crippen LogP contribution in [0, 0.1) is 6.92 Å². The summed E-state index contributed by atoms with van der Waals surface area (Å²) in [6.45, 7) is 2.14. The summed E-state index contributed by atoms with van der Waals surface area (Å²) in [5.41, 5.74) is 4.00. The molecular formula is C11H12Br2. The number of aryl methyl sites for hydroxylation is 1. The fraction of sp³-hybridized carbons (Fsp3) is 0.273. The van der Waals surface area contributed by atoms with Crippen LogP contribution in [0.5, 0.6) is 0 Å². The Morgan fingerprint density at radius 2 is 2.00 bits per heavy atom. The average molecular weight is 304 g/mol. The van der Waals surface area contributed by atoms with Crippen LogP contribution >= 0.6 is 31.9 Å². The maximum Gasteiger partial charge on any atom is 0.0286 e. The molecule has 0 aliphatic rings. The summed E-state index contributed by atoms with van der Waals surface area (Å²) in [5, 5.41) is 1.81. The summed E-state index contributed by atoms with van der Waals surface area (Å²) < 4.78 is 0. The molecule has 1 rings (SSSR count). The van der Waals surface area contributed by atoms with Crippen molar-refractivity contribution in [3.63, 3.8) is 0 Å². The monoisotopic (exact) mass is 302 g/mol. The largest absolute Gasteiger partial charge is 0.0883 e. The molecule has 0 aliphatic carbocycles. The average Bonchev–Trinajstić information content (AvgIpc) is 2.16. The molecule has 70 valence electrons. The minimum atomic E-state index is 0.905. The highest BCUT2D eigenvalue weighted by atomic mass is 79.9. The lowest BCUT2D eigenvalue weighted by Gasteiger charge is -2.06. The lowest BCUT2D eigenvalue weighted by Crippen LogP contribution is -1.89. The van der Waals surface area contributed by atoms with Crippen LogP contribution in [-0.2, 0) is 0 Å². The first-order chi connectivity index (χ1) is 6.29. The minimum Gasteiger partial charge on any atom is -0.0883 e. The van der Waals surface area contributed by atoms with Crippen molar-refractivity contribution in [2.45, 2.75) is 6.92 Å². The molecule has 0 atom stereocenters. The molecule has 2 heteroatoms. The summed E-state index contributed by atoms with van der Waals surface area (Å²) in [6.07, 6.45) is 2.19. The highest BCUT2D eigenvalue weighted by Crippen LogP contribution is 2.20. The van der Waals surface area contributed by atoms with Crippen molar-refractivity contribution in [1.29, 1.82) is 0 Å². The van der Waals surface area contributed by atoms with Gasteiger partial charge in [-0.2, -0.15) is 0 Å². The Morgan fingerprint density at radius 3 is 2.54 bits per heavy atom. The number of hydrogen-bond donors (Lipinski definition) is 0. The Kier molecular flexibility index (Phi) is 4.74. The van der Waals surface area contributed by atoms with Gasteiger partial charge in [-0.05, 0) is 23.6 Å². The van der Waals surface area contributed by atoms with Crippen LogP contribution in [0.2, 0.25) is 0 Å². The van der Waals surface area contributed by atoms with Gasteiger partial charge < -0.3 is 0 Å². The maximum atomic E-state index is 3.50. The predicted molar refractivity (Wildman–Crippen MR) is 66.7 cm³/mol. The van der Waals surface area contributed by atoms with Gasteiger partial charge in [-0.3, -0.25) is 0 Å². The van der Waals surface area contributed by atoms with Crippen molar-refractivity contribution in [1.82, 2.24) is 0 Å². The fourth-order valence-corrected chi connectivity index (χ4v) is 2.18. The molecule has 0 spiro atoms. The first-order valence-corrected chi connectivity index (χ1v) is 6.41. The fourth-order valence-electron chi connectivity index (χ4n) is 1.26. The predicted octanol–water partition coefficient (Wildman–Crippen LogP) is 4.17. The lowest BCUT2D eigenvalue weighted by atomic mass is 10.0. The van der Waals surface area contributed by atoms with E-state index >= 15 is 0 Å². The molecule has 0 nitrogen and oxygen atoms in total. The summed E-state index contributed by atoms with van der Waals surface area (Å²) in [7, 11) is 0. The second-order valence-electron chi connectivity index (χ2n) is 2.83. The van der Waals surface area contributed by atoms with E-state index in [2.05, 4.69) is 69.1 Å². The maximum absolute atomic E-state index is 3.50. The number of rotatable bonds is 3. The van der Waals surface area contributed by atoms with E-state index in [1.165, 1.54) is 16.7 Å². The van der Waals surface area contributed by atoms with Gasteiger partial charge >= 0.3 is 0 Å². The van der Waals surface area contributed by atoms with Gasteiger partial charge in [-0.15, -0.1) is 0 Å². The van der Waals surface area contributed by atoms with E-state index in [4.69, 9.17) is 0 Å². The standard InChI is InChI=1S/C11H12Br2/c1-9-4-2-3-5-11(9)10(8-13)6-7-12/h2-6H,7-8H2,1H3/b10-6+. The van der Waals surface area contributed by atoms with Gasteiger partial charge in [0.15, 0.2) is 0 Å². The first kappa shape index (κ1) is 11.0. The topological polar surface area (TPSA) is 0 Å². The molecule has 0 radical (unpaired) electrons. The second kappa shape index (κ2) is 5.61. The number of allylic oxidation sites excluding steroid dienone is 2. The molecule has 0 N–H and O–H groups in total. The van der Waals surface area contributed by atoms with Crippen molar-refractivity contribution in [3.8, 4) is 0 Å². The molecule has 0 saturated carbocycles. The molecule has 1 aromatic carbocycles. The smallest absolute Gasteiger partial charge is 0.0286 e. The highest BCUT2D eigenvalue weighted by molar-refractivity contribution is 9.09. The van der Waals surface area contributed by atoms with Gasteiger partial charge in [-0.25, -0.2) is 0 Å². The van der Waals surface area contributed by atoms with E-state index in [0.29, 0.717) is 0 Å². The molecule has 1 aromatic rings. The van der Waals surface area contributed by atoms with E-state index in [-0.39, 0.29) is 0 Å². The number of alkyl halides is 2. The zero-order valence-electron chi connectivity index (χ0n) is 7.56. The number of hydrogen-bond acceptors (Lipinski definition) is 0. The quantitative estimate of drug-likeness (QED) is 0.735. The van der Waals surface area contributed by atoms with Gasteiger partial charge in [0.05, 0.1) is 0 Å². The Hall–Kier alpha value is -0.0800. The van der Waals surface area contributed by atoms with Crippen molar-refractivity contribution in [3.05, 3.63) is 41.5 Å². The van der Waals surface area contributed by atoms with Gasteiger partial charge in [0.2, 0.25) is 0 Å². The summed E-state index contributed by atoms with van der Waals surface area (Å²) in [4.78, 5) is 0. The molecule has 0 aliphatic heterocycles. The zero-order chi connectivity index (χ0) is 9.68. The third kappa shape index (κ3) is 2.96. The van der Waals surface area contributed by atoms with E-state index in [9.17, 15) is 0 Å². The van der Waals surface area contributed by atoms with Gasteiger partial charge in [-0.1, -0.05) is 62.2 Å². The molecule has 0 saturated heterocycles. The van der Waals surface area contributed by atoms with Gasteiger partial charge in [0.1, 0.15) is 0 Å². The molecule has 0 heterocycles. The molecule has 0 aromatic heterocycles. The van der Waals surface area contributed by atoms with E-state index in [0.717, 1.165) is 10.7 Å². The first-order valence-electron chi connectivity index (χ1n) is 4.16. The summed E-state index contributed by atoms with van der Waals surface area (Å²) >= 11 is 6.91. The van der Waals surface area contributed by atoms with Crippen LogP contribution in [0.1, 0.15) is 11.1 Å². The van der Waals surface area contributed by atoms with Gasteiger partial charge in [0, 0.05) is 10.7 Å². The van der Waals surface area contributed by atoms with Crippen LogP contribution in [-0.4, -0.2) is 10.7 Å². The minimum absolute atomic E-state index is 0.905. The highest BCUT2D eigenvalue weighted by Gasteiger charge is 2.01. The van der Waals surface area contributed by atoms with Crippen LogP contribution in [0.15, 0.2) is 30.3 Å².